The van der Waals surface area contributed by atoms with Crippen LogP contribution in [0.25, 0.3) is 0 Å². The molecule has 0 aliphatic rings. The number of nitrogens with one attached hydrogen (secondary N) is 2. The largest absolute Gasteiger partial charge is 0.480 e. The van der Waals surface area contributed by atoms with Gasteiger partial charge in [-0.15, -0.1) is 0 Å². The Morgan fingerprint density at radius 3 is 2.33 bits per heavy atom. The minimum Gasteiger partial charge on any atom is -0.480 e. The second-order valence-corrected chi connectivity index (χ2v) is 4.35. The number of aliphatic carboxylic acids is 2. The van der Waals surface area contributed by atoms with Crippen LogP contribution in [0.2, 0.25) is 0 Å². The first kappa shape index (κ1) is 18.9. The molecular formula is C11H18N4O5S. The lowest BCUT2D eigenvalue weighted by atomic mass is 10.2. The van der Waals surface area contributed by atoms with E-state index in [1.54, 1.807) is 6.20 Å². The first-order valence-corrected chi connectivity index (χ1v) is 6.48. The normalized spacial score (nSPS) is 12.5. The van der Waals surface area contributed by atoms with Gasteiger partial charge < -0.3 is 26.2 Å². The maximum absolute atomic E-state index is 10.3. The number of amides is 1. The van der Waals surface area contributed by atoms with Crippen LogP contribution in [0.5, 0.6) is 0 Å². The van der Waals surface area contributed by atoms with Gasteiger partial charge in [0.15, 0.2) is 0 Å². The van der Waals surface area contributed by atoms with Crippen LogP contribution in [0.3, 0.4) is 0 Å². The maximum Gasteiger partial charge on any atom is 0.327 e. The van der Waals surface area contributed by atoms with Crippen LogP contribution in [0.15, 0.2) is 12.5 Å². The molecule has 1 aromatic rings. The second-order valence-electron chi connectivity index (χ2n) is 3.98. The van der Waals surface area contributed by atoms with Crippen molar-refractivity contribution in [2.75, 3.05) is 5.75 Å². The SMILES string of the molecule is CC(=O)NC(CS)C(=O)O.NC(Cc1c[nH]cn1)C(=O)O. The Morgan fingerprint density at radius 1 is 1.43 bits per heavy atom. The monoisotopic (exact) mass is 318 g/mol. The van der Waals surface area contributed by atoms with E-state index in [0.29, 0.717) is 5.69 Å². The Balaban J connectivity index is 0.000000384. The zero-order valence-corrected chi connectivity index (χ0v) is 12.2. The number of carboxylic acid groups (broad SMARTS) is 2. The van der Waals surface area contributed by atoms with Crippen molar-refractivity contribution >= 4 is 30.5 Å². The Hall–Kier alpha value is -2.07. The van der Waals surface area contributed by atoms with Crippen molar-refractivity contribution < 1.29 is 24.6 Å². The van der Waals surface area contributed by atoms with Crippen molar-refractivity contribution in [3.8, 4) is 0 Å². The number of carbonyl (C=O) groups is 3. The van der Waals surface area contributed by atoms with Crippen LogP contribution >= 0.6 is 12.6 Å². The molecule has 1 heterocycles. The summed E-state index contributed by atoms with van der Waals surface area (Å²) >= 11 is 3.73. The maximum atomic E-state index is 10.3. The van der Waals surface area contributed by atoms with E-state index in [1.807, 2.05) is 0 Å². The zero-order valence-electron chi connectivity index (χ0n) is 11.3. The van der Waals surface area contributed by atoms with Crippen molar-refractivity contribution in [2.45, 2.75) is 25.4 Å². The van der Waals surface area contributed by atoms with E-state index in [0.717, 1.165) is 0 Å². The molecule has 2 atom stereocenters. The lowest BCUT2D eigenvalue weighted by Crippen LogP contribution is -2.40. The van der Waals surface area contributed by atoms with Crippen LogP contribution < -0.4 is 11.1 Å². The highest BCUT2D eigenvalue weighted by molar-refractivity contribution is 7.80. The molecule has 0 fully saturated rings. The van der Waals surface area contributed by atoms with Crippen LogP contribution in [-0.2, 0) is 20.8 Å². The number of imidazole rings is 1. The van der Waals surface area contributed by atoms with Crippen molar-refractivity contribution in [3.63, 3.8) is 0 Å². The van der Waals surface area contributed by atoms with E-state index in [4.69, 9.17) is 15.9 Å². The van der Waals surface area contributed by atoms with Gasteiger partial charge in [-0.3, -0.25) is 9.59 Å². The van der Waals surface area contributed by atoms with Gasteiger partial charge in [0.1, 0.15) is 12.1 Å². The van der Waals surface area contributed by atoms with E-state index in [1.165, 1.54) is 13.3 Å². The minimum absolute atomic E-state index is 0.106. The highest BCUT2D eigenvalue weighted by atomic mass is 32.1. The topological polar surface area (TPSA) is 158 Å². The number of carbonyl (C=O) groups excluding carboxylic acids is 1. The van der Waals surface area contributed by atoms with E-state index < -0.39 is 24.0 Å². The fourth-order valence-corrected chi connectivity index (χ4v) is 1.39. The molecule has 0 aliphatic heterocycles. The molecule has 9 nitrogen and oxygen atoms in total. The van der Waals surface area contributed by atoms with Gasteiger partial charge in [0, 0.05) is 25.3 Å². The molecule has 21 heavy (non-hydrogen) atoms. The van der Waals surface area contributed by atoms with E-state index in [9.17, 15) is 14.4 Å². The highest BCUT2D eigenvalue weighted by Gasteiger charge is 2.15. The van der Waals surface area contributed by atoms with Crippen molar-refractivity contribution in [1.82, 2.24) is 15.3 Å². The molecule has 0 saturated heterocycles. The Morgan fingerprint density at radius 2 is 2.05 bits per heavy atom. The first-order chi connectivity index (χ1) is 9.77. The Labute approximate surface area is 126 Å². The molecule has 2 unspecified atom stereocenters. The predicted molar refractivity (Wildman–Crippen MR) is 77.0 cm³/mol. The van der Waals surface area contributed by atoms with Gasteiger partial charge in [-0.25, -0.2) is 9.78 Å². The highest BCUT2D eigenvalue weighted by Crippen LogP contribution is 1.95. The number of rotatable bonds is 6. The van der Waals surface area contributed by atoms with E-state index in [2.05, 4.69) is 27.9 Å². The lowest BCUT2D eigenvalue weighted by Gasteiger charge is -2.08. The average Bonchev–Trinajstić information content (AvgIpc) is 2.88. The summed E-state index contributed by atoms with van der Waals surface area (Å²) < 4.78 is 0. The van der Waals surface area contributed by atoms with Gasteiger partial charge in [-0.2, -0.15) is 12.6 Å². The number of carboxylic acids is 2. The van der Waals surface area contributed by atoms with Gasteiger partial charge in [0.2, 0.25) is 5.91 Å². The standard InChI is InChI=1S/C6H9N3O2.C5H9NO3S/c7-5(6(10)11)1-4-2-8-3-9-4;1-3(7)6-4(2-10)5(8)9/h2-3,5H,1,7H2,(H,8,9)(H,10,11);4,10H,2H2,1H3,(H,6,7)(H,8,9). The lowest BCUT2D eigenvalue weighted by molar-refractivity contribution is -0.140. The Kier molecular flexibility index (Phi) is 8.81. The van der Waals surface area contributed by atoms with Crippen LogP contribution in [0, 0.1) is 0 Å². The molecular weight excluding hydrogens is 300 g/mol. The number of hydrogen-bond acceptors (Lipinski definition) is 6. The average molecular weight is 318 g/mol. The summed E-state index contributed by atoms with van der Waals surface area (Å²) in [6.45, 7) is 1.26. The smallest absolute Gasteiger partial charge is 0.327 e. The number of thiol groups is 1. The van der Waals surface area contributed by atoms with Crippen LogP contribution in [0.1, 0.15) is 12.6 Å². The number of H-pyrrole nitrogens is 1. The van der Waals surface area contributed by atoms with Gasteiger partial charge in [-0.05, 0) is 0 Å². The van der Waals surface area contributed by atoms with Gasteiger partial charge in [0.25, 0.3) is 0 Å². The molecule has 6 N–H and O–H groups in total. The minimum atomic E-state index is -1.06. The first-order valence-electron chi connectivity index (χ1n) is 5.84. The molecule has 0 saturated carbocycles. The third kappa shape index (κ3) is 8.65. The van der Waals surface area contributed by atoms with Crippen molar-refractivity contribution in [1.29, 1.82) is 0 Å². The fraction of sp³-hybridized carbons (Fsp3) is 0.455. The summed E-state index contributed by atoms with van der Waals surface area (Å²) in [7, 11) is 0. The molecule has 1 amide bonds. The molecule has 1 rings (SSSR count). The summed E-state index contributed by atoms with van der Waals surface area (Å²) in [5, 5.41) is 19.0. The number of aromatic nitrogens is 2. The quantitative estimate of drug-likeness (QED) is 0.362. The van der Waals surface area contributed by atoms with E-state index in [-0.39, 0.29) is 18.1 Å². The van der Waals surface area contributed by atoms with Gasteiger partial charge >= 0.3 is 11.9 Å². The summed E-state index contributed by atoms with van der Waals surface area (Å²) in [6, 6.07) is -1.74. The molecule has 0 aliphatic carbocycles. The molecule has 0 aromatic carbocycles. The molecule has 1 aromatic heterocycles. The summed E-state index contributed by atoms with van der Waals surface area (Å²) in [4.78, 5) is 37.3. The Bertz CT molecular complexity index is 465. The molecule has 118 valence electrons. The summed E-state index contributed by atoms with van der Waals surface area (Å²) in [5.74, 6) is -2.32. The second kappa shape index (κ2) is 9.77. The third-order valence-corrected chi connectivity index (χ3v) is 2.52. The van der Waals surface area contributed by atoms with Gasteiger partial charge in [-0.1, -0.05) is 0 Å². The van der Waals surface area contributed by atoms with Crippen LogP contribution in [-0.4, -0.2) is 55.9 Å². The summed E-state index contributed by atoms with van der Waals surface area (Å²) in [5.41, 5.74) is 5.92. The number of nitrogens with zero attached hydrogens (tertiary/aromatic N) is 1. The summed E-state index contributed by atoms with van der Waals surface area (Å²) in [6.07, 6.45) is 3.38. The zero-order chi connectivity index (χ0) is 16.4. The molecule has 0 spiro atoms. The van der Waals surface area contributed by atoms with Crippen molar-refractivity contribution in [3.05, 3.63) is 18.2 Å². The fourth-order valence-electron chi connectivity index (χ4n) is 1.15. The predicted octanol–water partition coefficient (Wildman–Crippen LogP) is -1.13. The van der Waals surface area contributed by atoms with Crippen LogP contribution in [0.4, 0.5) is 0 Å². The van der Waals surface area contributed by atoms with E-state index >= 15 is 0 Å². The number of hydrogen-bond donors (Lipinski definition) is 6. The third-order valence-electron chi connectivity index (χ3n) is 2.16. The number of nitrogens with two attached hydrogens (primary N) is 1. The number of aromatic amines is 1. The molecule has 0 bridgehead atoms. The van der Waals surface area contributed by atoms with Crippen molar-refractivity contribution in [2.24, 2.45) is 5.73 Å². The van der Waals surface area contributed by atoms with Gasteiger partial charge in [0.05, 0.1) is 12.0 Å². The molecule has 10 heteroatoms. The molecule has 0 radical (unpaired) electrons.